The molecular formula is C24H31N3O4S. The zero-order chi connectivity index (χ0) is 22.6. The van der Waals surface area contributed by atoms with Gasteiger partial charge in [0.25, 0.3) is 0 Å². The van der Waals surface area contributed by atoms with Gasteiger partial charge in [0.1, 0.15) is 5.75 Å². The number of morpholine rings is 1. The number of hydrogen-bond donors (Lipinski definition) is 1. The van der Waals surface area contributed by atoms with Crippen LogP contribution >= 0.6 is 11.3 Å². The number of rotatable bonds is 7. The Hall–Kier alpha value is -2.45. The van der Waals surface area contributed by atoms with Gasteiger partial charge in [0.05, 0.1) is 26.0 Å². The quantitative estimate of drug-likeness (QED) is 0.672. The van der Waals surface area contributed by atoms with Gasteiger partial charge in [0.15, 0.2) is 5.13 Å². The maximum Gasteiger partial charge on any atom is 0.226 e. The fourth-order valence-electron chi connectivity index (χ4n) is 4.76. The zero-order valence-electron chi connectivity index (χ0n) is 18.8. The molecule has 0 radical (unpaired) electrons. The fraction of sp³-hybridized carbons (Fsp3) is 0.542. The standard InChI is InChI=1S/C24H31N3O4S/c1-17-22(18-5-7-19(30-2)8-6-18)26-23(32-17)25-20(28)15-24(9-3-4-10-24)16-21(29)27-11-13-31-14-12-27/h5-8H,3-4,9-16H2,1-2H3,(H,25,26,28). The normalized spacial score (nSPS) is 17.9. The van der Waals surface area contributed by atoms with Crippen molar-refractivity contribution in [3.8, 4) is 17.0 Å². The lowest BCUT2D eigenvalue weighted by molar-refractivity contribution is -0.138. The smallest absolute Gasteiger partial charge is 0.226 e. The molecule has 2 aliphatic rings. The van der Waals surface area contributed by atoms with Gasteiger partial charge in [-0.15, -0.1) is 11.3 Å². The highest BCUT2D eigenvalue weighted by atomic mass is 32.1. The highest BCUT2D eigenvalue weighted by Crippen LogP contribution is 2.45. The molecular weight excluding hydrogens is 426 g/mol. The average Bonchev–Trinajstić information content (AvgIpc) is 3.40. The number of carbonyl (C=O) groups is 2. The summed E-state index contributed by atoms with van der Waals surface area (Å²) in [6.07, 6.45) is 4.78. The van der Waals surface area contributed by atoms with Crippen LogP contribution in [0.2, 0.25) is 0 Å². The van der Waals surface area contributed by atoms with E-state index in [1.54, 1.807) is 7.11 Å². The molecule has 1 aromatic carbocycles. The highest BCUT2D eigenvalue weighted by molar-refractivity contribution is 7.16. The first-order valence-corrected chi connectivity index (χ1v) is 12.1. The van der Waals surface area contributed by atoms with Gasteiger partial charge in [0.2, 0.25) is 11.8 Å². The summed E-state index contributed by atoms with van der Waals surface area (Å²) in [6.45, 7) is 4.49. The Kier molecular flexibility index (Phi) is 7.10. The number of amides is 2. The molecule has 1 saturated carbocycles. The molecule has 4 rings (SSSR count). The fourth-order valence-corrected chi connectivity index (χ4v) is 5.61. The molecule has 0 unspecified atom stereocenters. The molecule has 0 atom stereocenters. The van der Waals surface area contributed by atoms with Crippen molar-refractivity contribution in [3.63, 3.8) is 0 Å². The van der Waals surface area contributed by atoms with Crippen LogP contribution in [0.1, 0.15) is 43.4 Å². The second-order valence-electron chi connectivity index (χ2n) is 8.75. The molecule has 1 aliphatic heterocycles. The van der Waals surface area contributed by atoms with Crippen LogP contribution in [-0.4, -0.2) is 55.1 Å². The van der Waals surface area contributed by atoms with E-state index in [4.69, 9.17) is 9.47 Å². The number of thiazole rings is 1. The molecule has 32 heavy (non-hydrogen) atoms. The molecule has 1 saturated heterocycles. The summed E-state index contributed by atoms with van der Waals surface area (Å²) in [5, 5.41) is 3.60. The monoisotopic (exact) mass is 457 g/mol. The van der Waals surface area contributed by atoms with Crippen LogP contribution in [0.3, 0.4) is 0 Å². The molecule has 1 N–H and O–H groups in total. The van der Waals surface area contributed by atoms with Crippen LogP contribution in [0.25, 0.3) is 11.3 Å². The molecule has 2 heterocycles. The van der Waals surface area contributed by atoms with Gasteiger partial charge in [-0.05, 0) is 49.4 Å². The van der Waals surface area contributed by atoms with Crippen molar-refractivity contribution in [2.45, 2.75) is 45.4 Å². The van der Waals surface area contributed by atoms with E-state index in [-0.39, 0.29) is 17.2 Å². The van der Waals surface area contributed by atoms with E-state index in [0.717, 1.165) is 47.6 Å². The van der Waals surface area contributed by atoms with Gasteiger partial charge >= 0.3 is 0 Å². The van der Waals surface area contributed by atoms with E-state index in [1.165, 1.54) is 11.3 Å². The molecule has 1 aliphatic carbocycles. The first-order chi connectivity index (χ1) is 15.5. The lowest BCUT2D eigenvalue weighted by Crippen LogP contribution is -2.43. The summed E-state index contributed by atoms with van der Waals surface area (Å²) in [4.78, 5) is 33.4. The van der Waals surface area contributed by atoms with Gasteiger partial charge in [-0.3, -0.25) is 9.59 Å². The van der Waals surface area contributed by atoms with Crippen LogP contribution in [0.15, 0.2) is 24.3 Å². The number of methoxy groups -OCH3 is 1. The lowest BCUT2D eigenvalue weighted by Gasteiger charge is -2.33. The van der Waals surface area contributed by atoms with Gasteiger partial charge in [-0.25, -0.2) is 4.98 Å². The third kappa shape index (κ3) is 5.30. The van der Waals surface area contributed by atoms with E-state index >= 15 is 0 Å². The van der Waals surface area contributed by atoms with Crippen molar-refractivity contribution in [1.82, 2.24) is 9.88 Å². The number of benzene rings is 1. The number of aromatic nitrogens is 1. The Bertz CT molecular complexity index is 945. The first-order valence-electron chi connectivity index (χ1n) is 11.3. The highest BCUT2D eigenvalue weighted by Gasteiger charge is 2.39. The molecule has 2 fully saturated rings. The van der Waals surface area contributed by atoms with Crippen LogP contribution < -0.4 is 10.1 Å². The Morgan fingerprint density at radius 1 is 1.16 bits per heavy atom. The maximum absolute atomic E-state index is 13.0. The van der Waals surface area contributed by atoms with Gasteiger partial charge in [-0.1, -0.05) is 12.8 Å². The summed E-state index contributed by atoms with van der Waals surface area (Å²) in [6, 6.07) is 7.75. The molecule has 8 heteroatoms. The van der Waals surface area contributed by atoms with E-state index in [2.05, 4.69) is 10.3 Å². The van der Waals surface area contributed by atoms with Crippen LogP contribution in [0.5, 0.6) is 5.75 Å². The number of nitrogens with one attached hydrogen (secondary N) is 1. The van der Waals surface area contributed by atoms with Crippen molar-refractivity contribution in [1.29, 1.82) is 0 Å². The van der Waals surface area contributed by atoms with Crippen molar-refractivity contribution >= 4 is 28.3 Å². The lowest BCUT2D eigenvalue weighted by atomic mass is 9.78. The van der Waals surface area contributed by atoms with Gasteiger partial charge < -0.3 is 19.7 Å². The van der Waals surface area contributed by atoms with E-state index in [9.17, 15) is 9.59 Å². The van der Waals surface area contributed by atoms with Crippen molar-refractivity contribution in [2.24, 2.45) is 5.41 Å². The first kappa shape index (κ1) is 22.7. The molecule has 2 amide bonds. The van der Waals surface area contributed by atoms with Crippen LogP contribution in [0, 0.1) is 12.3 Å². The minimum atomic E-state index is -0.245. The Morgan fingerprint density at radius 3 is 2.50 bits per heavy atom. The van der Waals surface area contributed by atoms with Crippen molar-refractivity contribution in [2.75, 3.05) is 38.7 Å². The minimum absolute atomic E-state index is 0.0586. The molecule has 7 nitrogen and oxygen atoms in total. The predicted octanol–water partition coefficient (Wildman–Crippen LogP) is 4.27. The van der Waals surface area contributed by atoms with Gasteiger partial charge in [-0.2, -0.15) is 0 Å². The number of aryl methyl sites for hydroxylation is 1. The number of hydrogen-bond acceptors (Lipinski definition) is 6. The topological polar surface area (TPSA) is 80.8 Å². The summed E-state index contributed by atoms with van der Waals surface area (Å²) < 4.78 is 10.6. The Balaban J connectivity index is 1.40. The second kappa shape index (κ2) is 10.0. The third-order valence-corrected chi connectivity index (χ3v) is 7.38. The Morgan fingerprint density at radius 2 is 1.84 bits per heavy atom. The van der Waals surface area contributed by atoms with E-state index < -0.39 is 0 Å². The van der Waals surface area contributed by atoms with Crippen molar-refractivity contribution in [3.05, 3.63) is 29.1 Å². The summed E-state index contributed by atoms with van der Waals surface area (Å²) >= 11 is 1.48. The SMILES string of the molecule is COc1ccc(-c2nc(NC(=O)CC3(CC(=O)N4CCOCC4)CCCC3)sc2C)cc1. The van der Waals surface area contributed by atoms with Gasteiger partial charge in [0, 0.05) is 36.4 Å². The van der Waals surface area contributed by atoms with Crippen LogP contribution in [-0.2, 0) is 14.3 Å². The molecule has 2 aromatic rings. The maximum atomic E-state index is 13.0. The summed E-state index contributed by atoms with van der Waals surface area (Å²) in [5.74, 6) is 0.884. The molecule has 172 valence electrons. The Labute approximate surface area is 193 Å². The van der Waals surface area contributed by atoms with Crippen LogP contribution in [0.4, 0.5) is 5.13 Å². The number of carbonyl (C=O) groups excluding carboxylic acids is 2. The molecule has 0 spiro atoms. The van der Waals surface area contributed by atoms with E-state index in [1.807, 2.05) is 36.1 Å². The average molecular weight is 458 g/mol. The number of nitrogens with zero attached hydrogens (tertiary/aromatic N) is 2. The third-order valence-electron chi connectivity index (χ3n) is 6.50. The van der Waals surface area contributed by atoms with E-state index in [0.29, 0.717) is 44.3 Å². The number of anilines is 1. The minimum Gasteiger partial charge on any atom is -0.497 e. The largest absolute Gasteiger partial charge is 0.497 e. The zero-order valence-corrected chi connectivity index (χ0v) is 19.6. The molecule has 0 bridgehead atoms. The number of ether oxygens (including phenoxy) is 2. The summed E-state index contributed by atoms with van der Waals surface area (Å²) in [7, 11) is 1.64. The predicted molar refractivity (Wildman–Crippen MR) is 125 cm³/mol. The summed E-state index contributed by atoms with van der Waals surface area (Å²) in [5.41, 5.74) is 1.61. The second-order valence-corrected chi connectivity index (χ2v) is 9.96. The molecule has 1 aromatic heterocycles. The van der Waals surface area contributed by atoms with Crippen molar-refractivity contribution < 1.29 is 19.1 Å².